The zero-order valence-corrected chi connectivity index (χ0v) is 24.1. The van der Waals surface area contributed by atoms with Crippen LogP contribution in [0.15, 0.2) is 103 Å². The highest BCUT2D eigenvalue weighted by molar-refractivity contribution is 6.06. The molecule has 0 radical (unpaired) electrons. The van der Waals surface area contributed by atoms with Gasteiger partial charge in [0.05, 0.1) is 19.6 Å². The molecule has 0 saturated carbocycles. The first-order chi connectivity index (χ1) is 20.9. The Kier molecular flexibility index (Phi) is 11.0. The number of carboxylic acid groups (broad SMARTS) is 1. The fourth-order valence-corrected chi connectivity index (χ4v) is 5.07. The van der Waals surface area contributed by atoms with E-state index in [4.69, 9.17) is 4.74 Å². The van der Waals surface area contributed by atoms with Gasteiger partial charge in [0.1, 0.15) is 5.75 Å². The molecular formula is C35H36N2O6. The van der Waals surface area contributed by atoms with Crippen molar-refractivity contribution < 1.29 is 29.3 Å². The Morgan fingerprint density at radius 1 is 0.791 bits per heavy atom. The molecule has 2 amide bonds. The Bertz CT molecular complexity index is 1540. The maximum atomic E-state index is 14.0. The molecule has 0 aromatic heterocycles. The number of rotatable bonds is 14. The molecular weight excluding hydrogens is 544 g/mol. The highest BCUT2D eigenvalue weighted by Gasteiger charge is 2.24. The highest BCUT2D eigenvalue weighted by Crippen LogP contribution is 2.29. The van der Waals surface area contributed by atoms with Crippen LogP contribution < -0.4 is 10.1 Å². The number of amides is 2. The maximum Gasteiger partial charge on any atom is 0.305 e. The van der Waals surface area contributed by atoms with Crippen LogP contribution in [0.4, 0.5) is 0 Å². The van der Waals surface area contributed by atoms with Gasteiger partial charge in [-0.2, -0.15) is 0 Å². The average molecular weight is 581 g/mol. The third-order valence-electron chi connectivity index (χ3n) is 7.27. The van der Waals surface area contributed by atoms with Gasteiger partial charge in [0.2, 0.25) is 0 Å². The molecule has 0 aliphatic rings. The number of aliphatic hydroxyl groups is 1. The monoisotopic (exact) mass is 580 g/mol. The van der Waals surface area contributed by atoms with Gasteiger partial charge in [-0.3, -0.25) is 14.4 Å². The average Bonchev–Trinajstić information content (AvgIpc) is 3.04. The molecule has 0 fully saturated rings. The third kappa shape index (κ3) is 8.08. The molecule has 43 heavy (non-hydrogen) atoms. The summed E-state index contributed by atoms with van der Waals surface area (Å²) >= 11 is 0. The second kappa shape index (κ2) is 15.3. The van der Waals surface area contributed by atoms with Crippen LogP contribution in [0.2, 0.25) is 0 Å². The lowest BCUT2D eigenvalue weighted by molar-refractivity contribution is -0.137. The molecule has 0 aliphatic carbocycles. The van der Waals surface area contributed by atoms with E-state index in [9.17, 15) is 24.6 Å². The van der Waals surface area contributed by atoms with Crippen molar-refractivity contribution >= 4 is 17.8 Å². The summed E-state index contributed by atoms with van der Waals surface area (Å²) in [7, 11) is 1.59. The normalized spacial score (nSPS) is 11.4. The molecule has 3 N–H and O–H groups in total. The van der Waals surface area contributed by atoms with Gasteiger partial charge in [0.15, 0.2) is 0 Å². The van der Waals surface area contributed by atoms with E-state index in [0.717, 1.165) is 11.1 Å². The van der Waals surface area contributed by atoms with Crippen molar-refractivity contribution in [3.05, 3.63) is 125 Å². The largest absolute Gasteiger partial charge is 0.496 e. The number of aliphatic hydroxyl groups excluding tert-OH is 1. The molecule has 0 spiro atoms. The lowest BCUT2D eigenvalue weighted by atomic mass is 9.93. The highest BCUT2D eigenvalue weighted by atomic mass is 16.5. The van der Waals surface area contributed by atoms with Gasteiger partial charge in [0.25, 0.3) is 11.8 Å². The molecule has 0 heterocycles. The number of carbonyl (C=O) groups excluding carboxylic acids is 2. The number of nitrogens with zero attached hydrogens (tertiary/aromatic N) is 1. The Morgan fingerprint density at radius 3 is 2.07 bits per heavy atom. The van der Waals surface area contributed by atoms with Crippen molar-refractivity contribution in [2.75, 3.05) is 26.8 Å². The van der Waals surface area contributed by atoms with Gasteiger partial charge in [-0.25, -0.2) is 0 Å². The quantitative estimate of drug-likeness (QED) is 0.185. The lowest BCUT2D eigenvalue weighted by Gasteiger charge is -2.24. The molecule has 0 saturated heterocycles. The molecule has 0 aliphatic heterocycles. The van der Waals surface area contributed by atoms with E-state index in [1.165, 1.54) is 4.90 Å². The number of aliphatic carboxylic acids is 1. The van der Waals surface area contributed by atoms with Gasteiger partial charge in [-0.05, 0) is 53.3 Å². The SMILES string of the molecule is COc1ccccc1CCN(CCC(=O)O)C(=O)c1ccccc1-c1ccccc1C(=O)NC(CCO)c1ccccc1. The maximum absolute atomic E-state index is 14.0. The Hall–Kier alpha value is -4.95. The summed E-state index contributed by atoms with van der Waals surface area (Å²) in [5, 5.41) is 22.1. The van der Waals surface area contributed by atoms with Crippen molar-refractivity contribution in [1.29, 1.82) is 0 Å². The van der Waals surface area contributed by atoms with Crippen molar-refractivity contribution in [2.45, 2.75) is 25.3 Å². The first-order valence-electron chi connectivity index (χ1n) is 14.2. The number of hydrogen-bond donors (Lipinski definition) is 3. The smallest absolute Gasteiger partial charge is 0.305 e. The summed E-state index contributed by atoms with van der Waals surface area (Å²) in [5.74, 6) is -0.965. The predicted octanol–water partition coefficient (Wildman–Crippen LogP) is 5.38. The van der Waals surface area contributed by atoms with E-state index in [0.29, 0.717) is 40.8 Å². The Labute approximate surface area is 251 Å². The Morgan fingerprint density at radius 2 is 1.40 bits per heavy atom. The van der Waals surface area contributed by atoms with Gasteiger partial charge in [0, 0.05) is 30.8 Å². The number of benzene rings is 4. The van der Waals surface area contributed by atoms with Crippen LogP contribution in [0, 0.1) is 0 Å². The number of methoxy groups -OCH3 is 1. The summed E-state index contributed by atoms with van der Waals surface area (Å²) in [6, 6.07) is 30.7. The number of para-hydroxylation sites is 1. The fourth-order valence-electron chi connectivity index (χ4n) is 5.07. The molecule has 4 aromatic carbocycles. The number of hydrogen-bond acceptors (Lipinski definition) is 5. The molecule has 222 valence electrons. The van der Waals surface area contributed by atoms with E-state index in [2.05, 4.69) is 5.32 Å². The molecule has 1 atom stereocenters. The first kappa shape index (κ1) is 31.0. The van der Waals surface area contributed by atoms with Crippen molar-refractivity contribution in [2.24, 2.45) is 0 Å². The minimum absolute atomic E-state index is 0.0275. The molecule has 4 aromatic rings. The number of carboxylic acids is 1. The summed E-state index contributed by atoms with van der Waals surface area (Å²) in [6.45, 7) is 0.211. The van der Waals surface area contributed by atoms with Gasteiger partial charge in [-0.15, -0.1) is 0 Å². The van der Waals surface area contributed by atoms with Crippen molar-refractivity contribution in [3.63, 3.8) is 0 Å². The molecule has 4 rings (SSSR count). The summed E-state index contributed by atoms with van der Waals surface area (Å²) < 4.78 is 5.46. The third-order valence-corrected chi connectivity index (χ3v) is 7.27. The first-order valence-corrected chi connectivity index (χ1v) is 14.2. The standard InChI is InChI=1S/C35H36N2O6/c1-43-32-18-10-5-13-26(32)19-22-37(23-20-33(39)40)35(42)30-17-9-7-15-28(30)27-14-6-8-16-29(27)34(41)36-31(21-24-38)25-11-3-2-4-12-25/h2-18,31,38H,19-24H2,1H3,(H,36,41)(H,39,40). The van der Waals surface area contributed by atoms with E-state index in [-0.39, 0.29) is 37.9 Å². The topological polar surface area (TPSA) is 116 Å². The zero-order valence-electron chi connectivity index (χ0n) is 24.1. The number of nitrogens with one attached hydrogen (secondary N) is 1. The van der Waals surface area contributed by atoms with Gasteiger partial charge in [-0.1, -0.05) is 84.9 Å². The number of carbonyl (C=O) groups is 3. The second-order valence-electron chi connectivity index (χ2n) is 10.0. The van der Waals surface area contributed by atoms with Gasteiger partial charge >= 0.3 is 5.97 Å². The Balaban J connectivity index is 1.65. The number of ether oxygens (including phenoxy) is 1. The molecule has 1 unspecified atom stereocenters. The molecule has 0 bridgehead atoms. The minimum atomic E-state index is -0.999. The van der Waals surface area contributed by atoms with E-state index in [1.54, 1.807) is 55.6 Å². The van der Waals surface area contributed by atoms with Crippen LogP contribution in [0.1, 0.15) is 50.7 Å². The van der Waals surface area contributed by atoms with Crippen LogP contribution in [0.25, 0.3) is 11.1 Å². The predicted molar refractivity (Wildman–Crippen MR) is 165 cm³/mol. The minimum Gasteiger partial charge on any atom is -0.496 e. The zero-order chi connectivity index (χ0) is 30.6. The van der Waals surface area contributed by atoms with Gasteiger partial charge < -0.3 is 25.2 Å². The van der Waals surface area contributed by atoms with Crippen LogP contribution in [-0.2, 0) is 11.2 Å². The second-order valence-corrected chi connectivity index (χ2v) is 10.0. The summed E-state index contributed by atoms with van der Waals surface area (Å²) in [5.41, 5.74) is 3.67. The lowest BCUT2D eigenvalue weighted by Crippen LogP contribution is -2.35. The fraction of sp³-hybridized carbons (Fsp3) is 0.229. The molecule has 8 heteroatoms. The van der Waals surface area contributed by atoms with Crippen molar-refractivity contribution in [1.82, 2.24) is 10.2 Å². The van der Waals surface area contributed by atoms with Crippen LogP contribution in [0.5, 0.6) is 5.75 Å². The molecule has 8 nitrogen and oxygen atoms in total. The van der Waals surface area contributed by atoms with E-state index < -0.39 is 12.0 Å². The van der Waals surface area contributed by atoms with Crippen molar-refractivity contribution in [3.8, 4) is 16.9 Å². The van der Waals surface area contributed by atoms with Crippen LogP contribution in [0.3, 0.4) is 0 Å². The summed E-state index contributed by atoms with van der Waals surface area (Å²) in [4.78, 5) is 40.7. The van der Waals surface area contributed by atoms with Crippen LogP contribution >= 0.6 is 0 Å². The van der Waals surface area contributed by atoms with Crippen LogP contribution in [-0.4, -0.2) is 59.7 Å². The van der Waals surface area contributed by atoms with E-state index in [1.807, 2.05) is 54.6 Å². The van der Waals surface area contributed by atoms with E-state index >= 15 is 0 Å². The summed E-state index contributed by atoms with van der Waals surface area (Å²) in [6.07, 6.45) is 0.616.